The molecule has 0 saturated heterocycles. The van der Waals surface area contributed by atoms with Crippen LogP contribution >= 0.6 is 11.6 Å². The van der Waals surface area contributed by atoms with Gasteiger partial charge in [0.25, 0.3) is 5.95 Å². The molecule has 2 aromatic rings. The van der Waals surface area contributed by atoms with Gasteiger partial charge in [-0.05, 0) is 44.9 Å². The summed E-state index contributed by atoms with van der Waals surface area (Å²) in [5.74, 6) is 0.211. The first-order chi connectivity index (χ1) is 17.5. The quantitative estimate of drug-likeness (QED) is 0.213. The second-order valence-corrected chi connectivity index (χ2v) is 9.55. The van der Waals surface area contributed by atoms with Gasteiger partial charge >= 0.3 is 0 Å². The fraction of sp³-hybridized carbons (Fsp3) is 0.500. The van der Waals surface area contributed by atoms with Gasteiger partial charge < -0.3 is 14.1 Å². The van der Waals surface area contributed by atoms with Crippen LogP contribution < -0.4 is 4.74 Å². The Morgan fingerprint density at radius 1 is 0.919 bits per heavy atom. The first-order valence-electron chi connectivity index (χ1n) is 13.1. The van der Waals surface area contributed by atoms with Crippen molar-refractivity contribution in [2.75, 3.05) is 20.7 Å². The number of hydrogen-bond donors (Lipinski definition) is 0. The molecule has 0 N–H and O–H groups in total. The Hall–Kier alpha value is -2.68. The summed E-state index contributed by atoms with van der Waals surface area (Å²) in [7, 11) is 4.17. The van der Waals surface area contributed by atoms with Crippen molar-refractivity contribution in [3.63, 3.8) is 0 Å². The molecular weight excluding hydrogens is 482 g/mol. The van der Waals surface area contributed by atoms with E-state index in [-0.39, 0.29) is 23.6 Å². The van der Waals surface area contributed by atoms with Crippen LogP contribution in [0.25, 0.3) is 5.70 Å². The standard InChI is InChI=1S/C13H19N.C9H20.C7H7ClO3.C3H4/c1-10(2)13(14(4)5)12-8-6-11(3)7-9-12;1-3-5-7-9-8-6-4-2;1-5(9)4-10-7-3-2-6(8)11-7;1-3-2/h6-9H,1-5H3;3-9H2,1-2H3;2-3H,4H2,1H3;1-2H2. The van der Waals surface area contributed by atoms with Gasteiger partial charge in [-0.25, -0.2) is 0 Å². The molecule has 1 heterocycles. The molecule has 0 atom stereocenters. The largest absolute Gasteiger partial charge is 0.457 e. The number of ether oxygens (including phenoxy) is 1. The van der Waals surface area contributed by atoms with Crippen LogP contribution in [0.3, 0.4) is 0 Å². The maximum Gasteiger partial charge on any atom is 0.286 e. The molecule has 0 aliphatic rings. The van der Waals surface area contributed by atoms with Gasteiger partial charge in [0.2, 0.25) is 0 Å². The number of furan rings is 1. The highest BCUT2D eigenvalue weighted by Crippen LogP contribution is 2.21. The van der Waals surface area contributed by atoms with E-state index in [9.17, 15) is 4.79 Å². The summed E-state index contributed by atoms with van der Waals surface area (Å²) < 4.78 is 9.71. The topological polar surface area (TPSA) is 42.7 Å². The number of aryl methyl sites for hydroxylation is 1. The zero-order valence-corrected chi connectivity index (χ0v) is 25.3. The maximum absolute atomic E-state index is 10.4. The average Bonchev–Trinajstić information content (AvgIpc) is 3.25. The number of unbranched alkanes of at least 4 members (excludes halogenated alkanes) is 6. The molecule has 37 heavy (non-hydrogen) atoms. The minimum Gasteiger partial charge on any atom is -0.457 e. The van der Waals surface area contributed by atoms with Crippen molar-refractivity contribution in [1.29, 1.82) is 0 Å². The monoisotopic (exact) mass is 531 g/mol. The molecule has 0 bridgehead atoms. The molecule has 4 nitrogen and oxygen atoms in total. The highest BCUT2D eigenvalue weighted by Gasteiger charge is 2.05. The number of carbonyl (C=O) groups is 1. The van der Waals surface area contributed by atoms with Crippen LogP contribution in [0.15, 0.2) is 65.3 Å². The van der Waals surface area contributed by atoms with Crippen LogP contribution in [0.4, 0.5) is 0 Å². The van der Waals surface area contributed by atoms with Crippen molar-refractivity contribution >= 4 is 23.1 Å². The van der Waals surface area contributed by atoms with Gasteiger partial charge in [-0.1, -0.05) is 107 Å². The fourth-order valence-electron chi connectivity index (χ4n) is 3.28. The predicted octanol–water partition coefficient (Wildman–Crippen LogP) is 9.92. The van der Waals surface area contributed by atoms with Crippen molar-refractivity contribution in [2.24, 2.45) is 0 Å². The molecule has 0 fully saturated rings. The number of hydrogen-bond acceptors (Lipinski definition) is 4. The number of rotatable bonds is 11. The van der Waals surface area contributed by atoms with Crippen LogP contribution in [-0.4, -0.2) is 31.4 Å². The Bertz CT molecular complexity index is 894. The zero-order chi connectivity index (χ0) is 28.6. The van der Waals surface area contributed by atoms with E-state index in [1.807, 2.05) is 0 Å². The SMILES string of the molecule is C=C=C.CC(=O)COc1ccc(Cl)o1.CC(C)=C(c1ccc(C)cc1)N(C)C.CCCCCCCCC. The van der Waals surface area contributed by atoms with Crippen molar-refractivity contribution in [1.82, 2.24) is 4.90 Å². The first kappa shape index (κ1) is 36.5. The number of carbonyl (C=O) groups excluding carboxylic acids is 1. The van der Waals surface area contributed by atoms with Crippen LogP contribution in [0.1, 0.15) is 90.7 Å². The lowest BCUT2D eigenvalue weighted by atomic mass is 10.1. The molecule has 0 spiro atoms. The van der Waals surface area contributed by atoms with Gasteiger partial charge in [0, 0.05) is 31.9 Å². The van der Waals surface area contributed by atoms with E-state index in [0.717, 1.165) is 0 Å². The Labute approximate surface area is 232 Å². The lowest BCUT2D eigenvalue weighted by Crippen LogP contribution is -2.11. The lowest BCUT2D eigenvalue weighted by Gasteiger charge is -2.19. The molecule has 0 aliphatic carbocycles. The van der Waals surface area contributed by atoms with Gasteiger partial charge in [0.15, 0.2) is 11.0 Å². The molecule has 0 unspecified atom stereocenters. The number of benzene rings is 1. The highest BCUT2D eigenvalue weighted by molar-refractivity contribution is 6.28. The summed E-state index contributed by atoms with van der Waals surface area (Å²) in [6.07, 6.45) is 9.97. The van der Waals surface area contributed by atoms with Crippen molar-refractivity contribution in [2.45, 2.75) is 86.5 Å². The first-order valence-corrected chi connectivity index (χ1v) is 13.5. The van der Waals surface area contributed by atoms with Crippen LogP contribution in [0, 0.1) is 6.92 Å². The Balaban J connectivity index is 0. The van der Waals surface area contributed by atoms with E-state index in [1.54, 1.807) is 12.1 Å². The molecule has 1 aromatic heterocycles. The van der Waals surface area contributed by atoms with Gasteiger partial charge in [-0.3, -0.25) is 4.79 Å². The van der Waals surface area contributed by atoms with Crippen molar-refractivity contribution < 1.29 is 13.9 Å². The third-order valence-electron chi connectivity index (χ3n) is 4.92. The number of ketones is 1. The normalized spacial score (nSPS) is 9.22. The molecule has 0 aliphatic heterocycles. The molecular formula is C32H50ClNO3. The summed E-state index contributed by atoms with van der Waals surface area (Å²) in [4.78, 5) is 12.6. The van der Waals surface area contributed by atoms with Gasteiger partial charge in [0.05, 0.1) is 0 Å². The van der Waals surface area contributed by atoms with Crippen LogP contribution in [-0.2, 0) is 4.79 Å². The Kier molecular flexibility index (Phi) is 23.4. The summed E-state index contributed by atoms with van der Waals surface area (Å²) in [6, 6.07) is 11.8. The van der Waals surface area contributed by atoms with Gasteiger partial charge in [-0.2, -0.15) is 0 Å². The van der Waals surface area contributed by atoms with Crippen molar-refractivity contribution in [3.8, 4) is 5.95 Å². The Morgan fingerprint density at radius 2 is 1.41 bits per heavy atom. The minimum atomic E-state index is -0.0578. The Morgan fingerprint density at radius 3 is 1.76 bits per heavy atom. The van der Waals surface area contributed by atoms with Crippen LogP contribution in [0.5, 0.6) is 5.95 Å². The van der Waals surface area contributed by atoms with Gasteiger partial charge in [-0.15, -0.1) is 5.73 Å². The molecule has 1 aromatic carbocycles. The number of Topliss-reactive ketones (excluding diaryl/α,β-unsaturated/α-hetero) is 1. The third-order valence-corrected chi connectivity index (χ3v) is 5.12. The summed E-state index contributed by atoms with van der Waals surface area (Å²) in [5.41, 5.74) is 7.50. The molecule has 0 saturated carbocycles. The van der Waals surface area contributed by atoms with E-state index in [0.29, 0.717) is 0 Å². The zero-order valence-electron chi connectivity index (χ0n) is 24.6. The van der Waals surface area contributed by atoms with Crippen molar-refractivity contribution in [3.05, 3.63) is 77.2 Å². The fourth-order valence-corrected chi connectivity index (χ4v) is 3.42. The van der Waals surface area contributed by atoms with E-state index in [1.165, 1.54) is 74.3 Å². The number of allylic oxidation sites excluding steroid dienone is 1. The highest BCUT2D eigenvalue weighted by atomic mass is 35.5. The van der Waals surface area contributed by atoms with E-state index >= 15 is 0 Å². The number of halogens is 1. The molecule has 0 amide bonds. The molecule has 208 valence electrons. The summed E-state index contributed by atoms with van der Waals surface area (Å²) in [6.45, 7) is 18.6. The second kappa shape index (κ2) is 23.7. The molecule has 2 rings (SSSR count). The third kappa shape index (κ3) is 21.1. The van der Waals surface area contributed by atoms with Crippen LogP contribution in [0.2, 0.25) is 5.22 Å². The van der Waals surface area contributed by atoms with E-state index in [4.69, 9.17) is 20.8 Å². The van der Waals surface area contributed by atoms with E-state index < -0.39 is 0 Å². The van der Waals surface area contributed by atoms with E-state index in [2.05, 4.69) is 96.8 Å². The maximum atomic E-state index is 10.4. The molecule has 0 radical (unpaired) electrons. The van der Waals surface area contributed by atoms with Gasteiger partial charge in [0.1, 0.15) is 6.61 Å². The lowest BCUT2D eigenvalue weighted by molar-refractivity contribution is -0.119. The summed E-state index contributed by atoms with van der Waals surface area (Å²) in [5, 5.41) is 0.253. The number of nitrogens with zero attached hydrogens (tertiary/aromatic N) is 1. The smallest absolute Gasteiger partial charge is 0.286 e. The predicted molar refractivity (Wildman–Crippen MR) is 161 cm³/mol. The minimum absolute atomic E-state index is 0.0177. The summed E-state index contributed by atoms with van der Waals surface area (Å²) >= 11 is 5.44. The molecule has 5 heteroatoms. The second-order valence-electron chi connectivity index (χ2n) is 9.18. The average molecular weight is 532 g/mol.